The first-order chi connectivity index (χ1) is 9.67. The third-order valence-electron chi connectivity index (χ3n) is 3.03. The minimum absolute atomic E-state index is 0.0768. The lowest BCUT2D eigenvalue weighted by molar-refractivity contribution is -0.124. The molecule has 1 rings (SSSR count). The van der Waals surface area contributed by atoms with E-state index in [0.717, 1.165) is 18.5 Å². The lowest BCUT2D eigenvalue weighted by Gasteiger charge is -2.10. The van der Waals surface area contributed by atoms with E-state index in [1.54, 1.807) is 6.20 Å². The fourth-order valence-electron chi connectivity index (χ4n) is 1.71. The molecule has 0 saturated heterocycles. The van der Waals surface area contributed by atoms with Gasteiger partial charge in [0.25, 0.3) is 0 Å². The van der Waals surface area contributed by atoms with Crippen LogP contribution in [0.4, 0.5) is 0 Å². The number of hydrogen-bond donors (Lipinski definition) is 1. The summed E-state index contributed by atoms with van der Waals surface area (Å²) < 4.78 is 5.41. The van der Waals surface area contributed by atoms with Crippen LogP contribution in [-0.2, 0) is 4.79 Å². The van der Waals surface area contributed by atoms with Gasteiger partial charge in [0.1, 0.15) is 12.4 Å². The van der Waals surface area contributed by atoms with Crippen LogP contribution in [0.15, 0.2) is 18.3 Å². The molecule has 0 spiro atoms. The number of aryl methyl sites for hydroxylation is 1. The first-order valence-corrected chi connectivity index (χ1v) is 6.96. The third-order valence-corrected chi connectivity index (χ3v) is 3.03. The first-order valence-electron chi connectivity index (χ1n) is 6.96. The van der Waals surface area contributed by atoms with Gasteiger partial charge in [0.05, 0.1) is 12.7 Å². The Morgan fingerprint density at radius 1 is 1.35 bits per heavy atom. The van der Waals surface area contributed by atoms with Crippen LogP contribution in [0.5, 0.6) is 5.75 Å². The second-order valence-electron chi connectivity index (χ2n) is 4.51. The standard InChI is InChI=1S/C16H22N2O2/c1-4-14(5-2)16(19)17-10-6-7-11-20-15-9-8-13(3)18-12-15/h8-9,12,14H,4-5,10-11H2,1-3H3,(H,17,19). The van der Waals surface area contributed by atoms with Crippen LogP contribution in [0.1, 0.15) is 32.4 Å². The molecule has 0 aliphatic rings. The molecule has 0 aliphatic heterocycles. The molecule has 0 radical (unpaired) electrons. The molecule has 0 atom stereocenters. The van der Waals surface area contributed by atoms with Gasteiger partial charge in [-0.2, -0.15) is 0 Å². The fraction of sp³-hybridized carbons (Fsp3) is 0.500. The smallest absolute Gasteiger partial charge is 0.223 e. The summed E-state index contributed by atoms with van der Waals surface area (Å²) >= 11 is 0. The summed E-state index contributed by atoms with van der Waals surface area (Å²) in [6.07, 6.45) is 3.39. The number of amides is 1. The maximum Gasteiger partial charge on any atom is 0.223 e. The van der Waals surface area contributed by atoms with Crippen molar-refractivity contribution in [1.29, 1.82) is 0 Å². The molecular formula is C16H22N2O2. The highest BCUT2D eigenvalue weighted by molar-refractivity contribution is 5.78. The van der Waals surface area contributed by atoms with E-state index in [4.69, 9.17) is 4.74 Å². The van der Waals surface area contributed by atoms with Gasteiger partial charge in [-0.3, -0.25) is 9.78 Å². The van der Waals surface area contributed by atoms with Crippen molar-refractivity contribution in [3.05, 3.63) is 24.0 Å². The summed E-state index contributed by atoms with van der Waals surface area (Å²) in [6.45, 7) is 6.62. The van der Waals surface area contributed by atoms with E-state index >= 15 is 0 Å². The number of nitrogens with zero attached hydrogens (tertiary/aromatic N) is 1. The van der Waals surface area contributed by atoms with E-state index in [1.807, 2.05) is 32.9 Å². The zero-order chi connectivity index (χ0) is 14.8. The summed E-state index contributed by atoms with van der Waals surface area (Å²) in [5, 5.41) is 2.81. The summed E-state index contributed by atoms with van der Waals surface area (Å²) in [5.41, 5.74) is 0.951. The Bertz CT molecular complexity index is 467. The van der Waals surface area contributed by atoms with Crippen molar-refractivity contribution in [2.45, 2.75) is 33.6 Å². The van der Waals surface area contributed by atoms with Crippen molar-refractivity contribution in [2.75, 3.05) is 13.2 Å². The Labute approximate surface area is 120 Å². The number of pyridine rings is 1. The lowest BCUT2D eigenvalue weighted by atomic mass is 10.0. The van der Waals surface area contributed by atoms with Crippen molar-refractivity contribution >= 4 is 5.91 Å². The molecule has 1 heterocycles. The van der Waals surface area contributed by atoms with Crippen molar-refractivity contribution in [2.24, 2.45) is 5.92 Å². The average Bonchev–Trinajstić information content (AvgIpc) is 2.46. The van der Waals surface area contributed by atoms with Gasteiger partial charge >= 0.3 is 0 Å². The molecule has 4 heteroatoms. The van der Waals surface area contributed by atoms with Crippen LogP contribution in [0.2, 0.25) is 0 Å². The Morgan fingerprint density at radius 3 is 2.70 bits per heavy atom. The van der Waals surface area contributed by atoms with Gasteiger partial charge in [-0.15, -0.1) is 0 Å². The molecule has 1 aromatic heterocycles. The molecule has 0 fully saturated rings. The molecule has 1 N–H and O–H groups in total. The van der Waals surface area contributed by atoms with Gasteiger partial charge < -0.3 is 10.1 Å². The highest BCUT2D eigenvalue weighted by atomic mass is 16.5. The van der Waals surface area contributed by atoms with Gasteiger partial charge in [-0.05, 0) is 31.9 Å². The Balaban J connectivity index is 2.23. The molecule has 0 aromatic carbocycles. The van der Waals surface area contributed by atoms with Gasteiger partial charge in [-0.1, -0.05) is 25.7 Å². The number of carbonyl (C=O) groups excluding carboxylic acids is 1. The number of ether oxygens (including phenoxy) is 1. The summed E-state index contributed by atoms with van der Waals surface area (Å²) in [5.74, 6) is 6.60. The monoisotopic (exact) mass is 274 g/mol. The van der Waals surface area contributed by atoms with E-state index < -0.39 is 0 Å². The predicted molar refractivity (Wildman–Crippen MR) is 79.3 cm³/mol. The van der Waals surface area contributed by atoms with Crippen molar-refractivity contribution in [3.63, 3.8) is 0 Å². The molecule has 1 amide bonds. The van der Waals surface area contributed by atoms with Crippen molar-refractivity contribution in [1.82, 2.24) is 10.3 Å². The molecule has 0 saturated carbocycles. The molecule has 4 nitrogen and oxygen atoms in total. The van der Waals surface area contributed by atoms with Crippen LogP contribution in [0.3, 0.4) is 0 Å². The fourth-order valence-corrected chi connectivity index (χ4v) is 1.71. The summed E-state index contributed by atoms with van der Waals surface area (Å²) in [7, 11) is 0. The quantitative estimate of drug-likeness (QED) is 0.810. The van der Waals surface area contributed by atoms with Gasteiger partial charge in [-0.25, -0.2) is 0 Å². The maximum atomic E-state index is 11.7. The first kappa shape index (κ1) is 16.0. The van der Waals surface area contributed by atoms with Gasteiger partial charge in [0.2, 0.25) is 5.91 Å². The second-order valence-corrected chi connectivity index (χ2v) is 4.51. The van der Waals surface area contributed by atoms with Crippen molar-refractivity contribution < 1.29 is 9.53 Å². The highest BCUT2D eigenvalue weighted by Gasteiger charge is 2.12. The van der Waals surface area contributed by atoms with Crippen LogP contribution in [-0.4, -0.2) is 24.0 Å². The minimum atomic E-state index is 0.0768. The van der Waals surface area contributed by atoms with Crippen LogP contribution in [0.25, 0.3) is 0 Å². The van der Waals surface area contributed by atoms with Crippen LogP contribution >= 0.6 is 0 Å². The number of hydrogen-bond acceptors (Lipinski definition) is 3. The Hall–Kier alpha value is -2.02. The number of nitrogens with one attached hydrogen (secondary N) is 1. The summed E-state index contributed by atoms with van der Waals surface area (Å²) in [4.78, 5) is 15.8. The van der Waals surface area contributed by atoms with E-state index in [2.05, 4.69) is 22.1 Å². The SMILES string of the molecule is CCC(CC)C(=O)NCC#CCOc1ccc(C)nc1. The highest BCUT2D eigenvalue weighted by Crippen LogP contribution is 2.08. The zero-order valence-corrected chi connectivity index (χ0v) is 12.4. The van der Waals surface area contributed by atoms with E-state index in [1.165, 1.54) is 0 Å². The summed E-state index contributed by atoms with van der Waals surface area (Å²) in [6, 6.07) is 3.75. The average molecular weight is 274 g/mol. The topological polar surface area (TPSA) is 51.2 Å². The largest absolute Gasteiger partial charge is 0.479 e. The number of aromatic nitrogens is 1. The zero-order valence-electron chi connectivity index (χ0n) is 12.4. The van der Waals surface area contributed by atoms with Gasteiger partial charge in [0.15, 0.2) is 0 Å². The Kier molecular flexibility index (Phi) is 7.20. The minimum Gasteiger partial charge on any atom is -0.479 e. The third kappa shape index (κ3) is 5.75. The number of carbonyl (C=O) groups is 1. The normalized spacial score (nSPS) is 9.80. The molecule has 1 aromatic rings. The lowest BCUT2D eigenvalue weighted by Crippen LogP contribution is -2.30. The van der Waals surface area contributed by atoms with Crippen LogP contribution < -0.4 is 10.1 Å². The van der Waals surface area contributed by atoms with Crippen LogP contribution in [0, 0.1) is 24.7 Å². The molecular weight excluding hydrogens is 252 g/mol. The molecule has 108 valence electrons. The predicted octanol–water partition coefficient (Wildman–Crippen LogP) is 2.32. The molecule has 0 bridgehead atoms. The second kappa shape index (κ2) is 8.98. The maximum absolute atomic E-state index is 11.7. The van der Waals surface area contributed by atoms with Crippen molar-refractivity contribution in [3.8, 4) is 17.6 Å². The van der Waals surface area contributed by atoms with Gasteiger partial charge in [0, 0.05) is 11.6 Å². The van der Waals surface area contributed by atoms with E-state index in [9.17, 15) is 4.79 Å². The number of rotatable bonds is 6. The Morgan fingerprint density at radius 2 is 2.10 bits per heavy atom. The molecule has 0 aliphatic carbocycles. The van der Waals surface area contributed by atoms with E-state index in [-0.39, 0.29) is 11.8 Å². The molecule has 20 heavy (non-hydrogen) atoms. The van der Waals surface area contributed by atoms with E-state index in [0.29, 0.717) is 18.9 Å². The molecule has 0 unspecified atom stereocenters.